The van der Waals surface area contributed by atoms with Gasteiger partial charge in [-0.2, -0.15) is 0 Å². The highest BCUT2D eigenvalue weighted by Crippen LogP contribution is 2.41. The van der Waals surface area contributed by atoms with Gasteiger partial charge in [-0.05, 0) is 56.7 Å². The summed E-state index contributed by atoms with van der Waals surface area (Å²) in [5, 5.41) is 0. The number of nitrogens with zero attached hydrogens (tertiary/aromatic N) is 1. The van der Waals surface area contributed by atoms with Crippen LogP contribution in [0.1, 0.15) is 43.7 Å². The number of benzene rings is 1. The number of aryl methyl sites for hydroxylation is 1. The monoisotopic (exact) mass is 288 g/mol. The van der Waals surface area contributed by atoms with Gasteiger partial charge in [0.1, 0.15) is 0 Å². The lowest BCUT2D eigenvalue weighted by molar-refractivity contribution is -0.0397. The van der Waals surface area contributed by atoms with Crippen molar-refractivity contribution < 1.29 is 4.74 Å². The largest absolute Gasteiger partial charge is 0.377 e. The Labute approximate surface area is 128 Å². The fourth-order valence-corrected chi connectivity index (χ4v) is 4.27. The molecule has 3 heteroatoms. The van der Waals surface area contributed by atoms with Crippen LogP contribution in [-0.4, -0.2) is 37.2 Å². The fraction of sp³-hybridized carbons (Fsp3) is 0.667. The standard InChI is InChI=1S/C18H28N2O/c1-2-21-16-9-6-12-20(13-16)18(14-19)11-5-8-15-7-3-4-10-17(15)18/h3-4,7,10,16H,2,5-6,8-9,11-14,19H2,1H3. The van der Waals surface area contributed by atoms with Crippen molar-refractivity contribution in [2.45, 2.75) is 50.7 Å². The van der Waals surface area contributed by atoms with Crippen molar-refractivity contribution in [1.29, 1.82) is 0 Å². The number of fused-ring (bicyclic) bond motifs is 1. The van der Waals surface area contributed by atoms with Gasteiger partial charge in [0.15, 0.2) is 0 Å². The molecule has 1 saturated heterocycles. The van der Waals surface area contributed by atoms with Gasteiger partial charge in [0, 0.05) is 19.7 Å². The first-order valence-corrected chi connectivity index (χ1v) is 8.45. The van der Waals surface area contributed by atoms with E-state index in [4.69, 9.17) is 10.5 Å². The quantitative estimate of drug-likeness (QED) is 0.926. The maximum absolute atomic E-state index is 6.32. The Balaban J connectivity index is 1.90. The number of hydrogen-bond donors (Lipinski definition) is 1. The summed E-state index contributed by atoms with van der Waals surface area (Å²) in [7, 11) is 0. The van der Waals surface area contributed by atoms with Crippen molar-refractivity contribution in [3.05, 3.63) is 35.4 Å². The van der Waals surface area contributed by atoms with E-state index in [0.717, 1.165) is 19.7 Å². The number of likely N-dealkylation sites (tertiary alicyclic amines) is 1. The van der Waals surface area contributed by atoms with Crippen LogP contribution in [0, 0.1) is 0 Å². The van der Waals surface area contributed by atoms with Crippen LogP contribution in [0.2, 0.25) is 0 Å². The molecule has 0 saturated carbocycles. The van der Waals surface area contributed by atoms with Crippen LogP contribution in [0.25, 0.3) is 0 Å². The lowest BCUT2D eigenvalue weighted by Gasteiger charge is -2.50. The summed E-state index contributed by atoms with van der Waals surface area (Å²) in [6.45, 7) is 5.79. The van der Waals surface area contributed by atoms with Gasteiger partial charge in [-0.15, -0.1) is 0 Å². The summed E-state index contributed by atoms with van der Waals surface area (Å²) in [5.74, 6) is 0. The van der Waals surface area contributed by atoms with E-state index in [-0.39, 0.29) is 5.54 Å². The molecule has 0 radical (unpaired) electrons. The summed E-state index contributed by atoms with van der Waals surface area (Å²) in [6.07, 6.45) is 6.40. The van der Waals surface area contributed by atoms with E-state index in [9.17, 15) is 0 Å². The van der Waals surface area contributed by atoms with Crippen molar-refractivity contribution in [1.82, 2.24) is 4.90 Å². The van der Waals surface area contributed by atoms with Crippen LogP contribution in [-0.2, 0) is 16.7 Å². The third kappa shape index (κ3) is 2.75. The van der Waals surface area contributed by atoms with Crippen molar-refractivity contribution >= 4 is 0 Å². The number of rotatable bonds is 4. The highest BCUT2D eigenvalue weighted by molar-refractivity contribution is 5.37. The topological polar surface area (TPSA) is 38.5 Å². The minimum absolute atomic E-state index is 0.0324. The average molecular weight is 288 g/mol. The van der Waals surface area contributed by atoms with Gasteiger partial charge in [-0.25, -0.2) is 0 Å². The average Bonchev–Trinajstić information content (AvgIpc) is 2.55. The zero-order chi connectivity index (χ0) is 14.7. The number of hydrogen-bond acceptors (Lipinski definition) is 3. The minimum atomic E-state index is 0.0324. The molecule has 1 aliphatic heterocycles. The zero-order valence-corrected chi connectivity index (χ0v) is 13.2. The lowest BCUT2D eigenvalue weighted by Crippen LogP contribution is -2.57. The summed E-state index contributed by atoms with van der Waals surface area (Å²) in [6, 6.07) is 8.90. The van der Waals surface area contributed by atoms with Gasteiger partial charge >= 0.3 is 0 Å². The minimum Gasteiger partial charge on any atom is -0.377 e. The summed E-state index contributed by atoms with van der Waals surface area (Å²) >= 11 is 0. The predicted octanol–water partition coefficient (Wildman–Crippen LogP) is 2.68. The molecule has 3 nitrogen and oxygen atoms in total. The lowest BCUT2D eigenvalue weighted by atomic mass is 9.74. The Morgan fingerprint density at radius 3 is 3.00 bits per heavy atom. The molecule has 0 spiro atoms. The molecule has 2 N–H and O–H groups in total. The van der Waals surface area contributed by atoms with Crippen LogP contribution in [0.15, 0.2) is 24.3 Å². The van der Waals surface area contributed by atoms with Gasteiger partial charge < -0.3 is 10.5 Å². The molecule has 2 aliphatic rings. The van der Waals surface area contributed by atoms with E-state index in [1.807, 2.05) is 0 Å². The highest BCUT2D eigenvalue weighted by atomic mass is 16.5. The molecular formula is C18H28N2O. The molecule has 3 rings (SSSR count). The van der Waals surface area contributed by atoms with Gasteiger partial charge in [0.2, 0.25) is 0 Å². The normalized spacial score (nSPS) is 30.1. The Bertz CT molecular complexity index is 474. The molecule has 0 aromatic heterocycles. The molecule has 1 heterocycles. The van der Waals surface area contributed by atoms with Crippen LogP contribution in [0.3, 0.4) is 0 Å². The molecular weight excluding hydrogens is 260 g/mol. The first kappa shape index (κ1) is 15.0. The first-order chi connectivity index (χ1) is 10.3. The third-order valence-electron chi connectivity index (χ3n) is 5.28. The second-order valence-electron chi connectivity index (χ2n) is 6.41. The maximum atomic E-state index is 6.32. The molecule has 2 atom stereocenters. The smallest absolute Gasteiger partial charge is 0.0702 e. The van der Waals surface area contributed by atoms with Gasteiger partial charge in [0.05, 0.1) is 11.6 Å². The van der Waals surface area contributed by atoms with Crippen molar-refractivity contribution in [3.8, 4) is 0 Å². The van der Waals surface area contributed by atoms with Crippen molar-refractivity contribution in [2.24, 2.45) is 5.73 Å². The molecule has 116 valence electrons. The molecule has 0 bridgehead atoms. The molecule has 0 amide bonds. The SMILES string of the molecule is CCOC1CCCN(C2(CN)CCCc3ccccc32)C1. The second-order valence-corrected chi connectivity index (χ2v) is 6.41. The fourth-order valence-electron chi connectivity index (χ4n) is 4.27. The van der Waals surface area contributed by atoms with Crippen LogP contribution >= 0.6 is 0 Å². The van der Waals surface area contributed by atoms with Crippen LogP contribution in [0.4, 0.5) is 0 Å². The summed E-state index contributed by atoms with van der Waals surface area (Å²) in [5.41, 5.74) is 9.31. The number of nitrogens with two attached hydrogens (primary N) is 1. The Morgan fingerprint density at radius 2 is 2.19 bits per heavy atom. The van der Waals surface area contributed by atoms with E-state index >= 15 is 0 Å². The Kier molecular flexibility index (Phi) is 4.63. The number of piperidine rings is 1. The summed E-state index contributed by atoms with van der Waals surface area (Å²) in [4.78, 5) is 2.62. The Hall–Kier alpha value is -0.900. The molecule has 1 aliphatic carbocycles. The molecule has 21 heavy (non-hydrogen) atoms. The maximum Gasteiger partial charge on any atom is 0.0702 e. The van der Waals surface area contributed by atoms with Gasteiger partial charge in [-0.1, -0.05) is 24.3 Å². The molecule has 1 fully saturated rings. The van der Waals surface area contributed by atoms with E-state index in [0.29, 0.717) is 12.6 Å². The zero-order valence-electron chi connectivity index (χ0n) is 13.2. The molecule has 2 unspecified atom stereocenters. The molecule has 1 aromatic rings. The second kappa shape index (κ2) is 6.47. The number of ether oxygens (including phenoxy) is 1. The third-order valence-corrected chi connectivity index (χ3v) is 5.28. The van der Waals surface area contributed by atoms with Crippen LogP contribution in [0.5, 0.6) is 0 Å². The Morgan fingerprint density at radius 1 is 1.33 bits per heavy atom. The van der Waals surface area contributed by atoms with Crippen LogP contribution < -0.4 is 5.73 Å². The predicted molar refractivity (Wildman–Crippen MR) is 86.3 cm³/mol. The first-order valence-electron chi connectivity index (χ1n) is 8.45. The molecule has 1 aromatic carbocycles. The van der Waals surface area contributed by atoms with Gasteiger partial charge in [-0.3, -0.25) is 4.90 Å². The van der Waals surface area contributed by atoms with Crippen molar-refractivity contribution in [2.75, 3.05) is 26.2 Å². The van der Waals surface area contributed by atoms with E-state index in [1.54, 1.807) is 0 Å². The van der Waals surface area contributed by atoms with E-state index in [1.165, 1.54) is 43.2 Å². The van der Waals surface area contributed by atoms with E-state index in [2.05, 4.69) is 36.1 Å². The van der Waals surface area contributed by atoms with E-state index < -0.39 is 0 Å². The highest BCUT2D eigenvalue weighted by Gasteiger charge is 2.42. The van der Waals surface area contributed by atoms with Crippen molar-refractivity contribution in [3.63, 3.8) is 0 Å². The summed E-state index contributed by atoms with van der Waals surface area (Å²) < 4.78 is 5.90. The van der Waals surface area contributed by atoms with Gasteiger partial charge in [0.25, 0.3) is 0 Å².